The van der Waals surface area contributed by atoms with Gasteiger partial charge in [0.1, 0.15) is 24.0 Å². The van der Waals surface area contributed by atoms with Crippen LogP contribution in [0.25, 0.3) is 0 Å². The number of hydrogen-bond donors (Lipinski definition) is 1. The predicted molar refractivity (Wildman–Crippen MR) is 73.4 cm³/mol. The van der Waals surface area contributed by atoms with E-state index in [1.807, 2.05) is 24.3 Å². The Morgan fingerprint density at radius 3 is 2.86 bits per heavy atom. The van der Waals surface area contributed by atoms with Crippen LogP contribution in [0, 0.1) is 5.82 Å². The monoisotopic (exact) mass is 288 g/mol. The lowest BCUT2D eigenvalue weighted by Gasteiger charge is -2.14. The van der Waals surface area contributed by atoms with Crippen LogP contribution in [0.5, 0.6) is 11.5 Å². The second-order valence-corrected chi connectivity index (χ2v) is 4.78. The highest BCUT2D eigenvalue weighted by Gasteiger charge is 2.24. The molecule has 3 rings (SSSR count). The van der Waals surface area contributed by atoms with Gasteiger partial charge in [-0.3, -0.25) is 0 Å². The van der Waals surface area contributed by atoms with E-state index in [0.29, 0.717) is 6.42 Å². The first-order valence-corrected chi connectivity index (χ1v) is 6.54. The number of aromatic carboxylic acids is 1. The lowest BCUT2D eigenvalue weighted by molar-refractivity contribution is 0.0686. The van der Waals surface area contributed by atoms with Crippen molar-refractivity contribution >= 4 is 5.97 Å². The van der Waals surface area contributed by atoms with Crippen molar-refractivity contribution in [2.45, 2.75) is 12.5 Å². The molecule has 2 aromatic rings. The minimum atomic E-state index is -1.22. The molecule has 0 bridgehead atoms. The molecule has 0 saturated heterocycles. The Balaban J connectivity index is 1.71. The molecular weight excluding hydrogens is 275 g/mol. The van der Waals surface area contributed by atoms with E-state index in [-0.39, 0.29) is 24.0 Å². The van der Waals surface area contributed by atoms with Crippen molar-refractivity contribution in [3.05, 3.63) is 59.4 Å². The van der Waals surface area contributed by atoms with Crippen molar-refractivity contribution in [3.8, 4) is 11.5 Å². The number of carbonyl (C=O) groups is 1. The van der Waals surface area contributed by atoms with Gasteiger partial charge >= 0.3 is 5.97 Å². The fourth-order valence-corrected chi connectivity index (χ4v) is 2.35. The molecule has 0 saturated carbocycles. The SMILES string of the molecule is O=C(O)c1cccc(F)c1OCC1Cc2ccccc2O1. The van der Waals surface area contributed by atoms with Crippen LogP contribution in [-0.4, -0.2) is 23.8 Å². The van der Waals surface area contributed by atoms with Crippen LogP contribution in [0.2, 0.25) is 0 Å². The van der Waals surface area contributed by atoms with Gasteiger partial charge in [0.2, 0.25) is 0 Å². The van der Waals surface area contributed by atoms with Crippen LogP contribution in [0.15, 0.2) is 42.5 Å². The Kier molecular flexibility index (Phi) is 3.48. The van der Waals surface area contributed by atoms with Gasteiger partial charge in [0, 0.05) is 6.42 Å². The summed E-state index contributed by atoms with van der Waals surface area (Å²) in [6, 6.07) is 11.4. The standard InChI is InChI=1S/C16H13FO4/c17-13-6-3-5-12(16(18)19)15(13)20-9-11-8-10-4-1-2-7-14(10)21-11/h1-7,11H,8-9H2,(H,18,19). The third-order valence-corrected chi connectivity index (χ3v) is 3.32. The smallest absolute Gasteiger partial charge is 0.339 e. The summed E-state index contributed by atoms with van der Waals surface area (Å²) in [5.74, 6) is -1.37. The van der Waals surface area contributed by atoms with Crippen molar-refractivity contribution in [2.24, 2.45) is 0 Å². The number of carboxylic acid groups (broad SMARTS) is 1. The van der Waals surface area contributed by atoms with E-state index < -0.39 is 11.8 Å². The molecule has 0 aromatic heterocycles. The molecular formula is C16H13FO4. The van der Waals surface area contributed by atoms with Crippen LogP contribution in [0.3, 0.4) is 0 Å². The van der Waals surface area contributed by atoms with E-state index in [1.54, 1.807) is 0 Å². The molecule has 108 valence electrons. The number of halogens is 1. The van der Waals surface area contributed by atoms with Gasteiger partial charge in [-0.05, 0) is 23.8 Å². The summed E-state index contributed by atoms with van der Waals surface area (Å²) >= 11 is 0. The van der Waals surface area contributed by atoms with Gasteiger partial charge in [-0.15, -0.1) is 0 Å². The average Bonchev–Trinajstić information content (AvgIpc) is 2.88. The highest BCUT2D eigenvalue weighted by Crippen LogP contribution is 2.29. The largest absolute Gasteiger partial charge is 0.486 e. The molecule has 1 atom stereocenters. The highest BCUT2D eigenvalue weighted by molar-refractivity contribution is 5.90. The molecule has 1 aliphatic rings. The van der Waals surface area contributed by atoms with E-state index in [4.69, 9.17) is 14.6 Å². The van der Waals surface area contributed by atoms with Crippen LogP contribution in [0.4, 0.5) is 4.39 Å². The number of carboxylic acids is 1. The molecule has 0 fully saturated rings. The van der Waals surface area contributed by atoms with Gasteiger partial charge < -0.3 is 14.6 Å². The normalized spacial score (nSPS) is 16.1. The second-order valence-electron chi connectivity index (χ2n) is 4.78. The maximum atomic E-state index is 13.7. The number of hydrogen-bond acceptors (Lipinski definition) is 3. The molecule has 5 heteroatoms. The van der Waals surface area contributed by atoms with Gasteiger partial charge in [0.05, 0.1) is 0 Å². The minimum Gasteiger partial charge on any atom is -0.486 e. The van der Waals surface area contributed by atoms with E-state index in [9.17, 15) is 9.18 Å². The summed E-state index contributed by atoms with van der Waals surface area (Å²) in [7, 11) is 0. The Hall–Kier alpha value is -2.56. The van der Waals surface area contributed by atoms with Crippen molar-refractivity contribution in [1.29, 1.82) is 0 Å². The zero-order valence-electron chi connectivity index (χ0n) is 11.1. The third kappa shape index (κ3) is 2.67. The average molecular weight is 288 g/mol. The maximum Gasteiger partial charge on any atom is 0.339 e. The van der Waals surface area contributed by atoms with E-state index in [0.717, 1.165) is 11.3 Å². The van der Waals surface area contributed by atoms with Gasteiger partial charge in [-0.25, -0.2) is 9.18 Å². The van der Waals surface area contributed by atoms with Crippen LogP contribution >= 0.6 is 0 Å². The predicted octanol–water partition coefficient (Wildman–Crippen LogP) is 2.91. The first kappa shape index (κ1) is 13.4. The van der Waals surface area contributed by atoms with E-state index in [2.05, 4.69) is 0 Å². The minimum absolute atomic E-state index is 0.0931. The molecule has 1 heterocycles. The zero-order chi connectivity index (χ0) is 14.8. The molecule has 1 N–H and O–H groups in total. The van der Waals surface area contributed by atoms with E-state index >= 15 is 0 Å². The summed E-state index contributed by atoms with van der Waals surface area (Å²) < 4.78 is 24.8. The first-order chi connectivity index (χ1) is 10.1. The second kappa shape index (κ2) is 5.44. The summed E-state index contributed by atoms with van der Waals surface area (Å²) in [6.45, 7) is 0.0931. The molecule has 0 aliphatic carbocycles. The molecule has 0 amide bonds. The van der Waals surface area contributed by atoms with Crippen molar-refractivity contribution in [3.63, 3.8) is 0 Å². The summed E-state index contributed by atoms with van der Waals surface area (Å²) in [6.07, 6.45) is 0.413. The van der Waals surface area contributed by atoms with E-state index in [1.165, 1.54) is 18.2 Å². The number of fused-ring (bicyclic) bond motifs is 1. The molecule has 0 radical (unpaired) electrons. The first-order valence-electron chi connectivity index (χ1n) is 6.54. The molecule has 1 unspecified atom stereocenters. The summed E-state index contributed by atoms with van der Waals surface area (Å²) in [4.78, 5) is 11.1. The lowest BCUT2D eigenvalue weighted by Crippen LogP contribution is -2.23. The number of rotatable bonds is 4. The van der Waals surface area contributed by atoms with Gasteiger partial charge in [0.15, 0.2) is 11.6 Å². The van der Waals surface area contributed by atoms with Gasteiger partial charge in [-0.1, -0.05) is 24.3 Å². The lowest BCUT2D eigenvalue weighted by atomic mass is 10.1. The number of benzene rings is 2. The third-order valence-electron chi connectivity index (χ3n) is 3.32. The van der Waals surface area contributed by atoms with Crippen LogP contribution in [0.1, 0.15) is 15.9 Å². The van der Waals surface area contributed by atoms with Gasteiger partial charge in [0.25, 0.3) is 0 Å². The van der Waals surface area contributed by atoms with Crippen molar-refractivity contribution < 1.29 is 23.8 Å². The van der Waals surface area contributed by atoms with Crippen LogP contribution in [-0.2, 0) is 6.42 Å². The Labute approximate surface area is 120 Å². The Bertz CT molecular complexity index is 659. The fraction of sp³-hybridized carbons (Fsp3) is 0.188. The van der Waals surface area contributed by atoms with Crippen LogP contribution < -0.4 is 9.47 Å². The van der Waals surface area contributed by atoms with Gasteiger partial charge in [-0.2, -0.15) is 0 Å². The molecule has 0 spiro atoms. The highest BCUT2D eigenvalue weighted by atomic mass is 19.1. The number of ether oxygens (including phenoxy) is 2. The van der Waals surface area contributed by atoms with Crippen molar-refractivity contribution in [1.82, 2.24) is 0 Å². The molecule has 1 aliphatic heterocycles. The zero-order valence-corrected chi connectivity index (χ0v) is 11.1. The molecule has 4 nitrogen and oxygen atoms in total. The Morgan fingerprint density at radius 2 is 2.10 bits per heavy atom. The molecule has 21 heavy (non-hydrogen) atoms. The fourth-order valence-electron chi connectivity index (χ4n) is 2.35. The number of para-hydroxylation sites is 2. The summed E-state index contributed by atoms with van der Waals surface area (Å²) in [5, 5.41) is 9.05. The quantitative estimate of drug-likeness (QED) is 0.940. The topological polar surface area (TPSA) is 55.8 Å². The maximum absolute atomic E-state index is 13.7. The van der Waals surface area contributed by atoms with Crippen molar-refractivity contribution in [2.75, 3.05) is 6.61 Å². The Morgan fingerprint density at radius 1 is 1.29 bits per heavy atom. The molecule has 2 aromatic carbocycles. The summed E-state index contributed by atoms with van der Waals surface area (Å²) in [5.41, 5.74) is 0.878.